The van der Waals surface area contributed by atoms with Gasteiger partial charge >= 0.3 is 0 Å². The van der Waals surface area contributed by atoms with Gasteiger partial charge in [-0.05, 0) is 49.1 Å². The standard InChI is InChI=1S/C20H20N4O/c25-20(23-12-11-14-5-1-4-8-18(14)23)15-9-10-19-17(13-15)21-22-24(19)16-6-2-3-7-16/h1,4-5,8-10,13,16H,2-3,6-7,11-12H2. The van der Waals surface area contributed by atoms with Crippen molar-refractivity contribution in [3.63, 3.8) is 0 Å². The van der Waals surface area contributed by atoms with Gasteiger partial charge in [0.2, 0.25) is 0 Å². The highest BCUT2D eigenvalue weighted by molar-refractivity contribution is 6.08. The van der Waals surface area contributed by atoms with Crippen molar-refractivity contribution >= 4 is 22.6 Å². The average Bonchev–Trinajstić information content (AvgIpc) is 3.38. The molecule has 0 atom stereocenters. The van der Waals surface area contributed by atoms with Gasteiger partial charge in [0.15, 0.2) is 0 Å². The maximum Gasteiger partial charge on any atom is 0.258 e. The summed E-state index contributed by atoms with van der Waals surface area (Å²) in [5, 5.41) is 8.67. The van der Waals surface area contributed by atoms with E-state index in [0.29, 0.717) is 11.6 Å². The van der Waals surface area contributed by atoms with E-state index in [-0.39, 0.29) is 5.91 Å². The normalized spacial score (nSPS) is 17.4. The number of amides is 1. The molecule has 2 heterocycles. The van der Waals surface area contributed by atoms with Crippen LogP contribution in [0.5, 0.6) is 0 Å². The van der Waals surface area contributed by atoms with E-state index in [1.54, 1.807) is 0 Å². The van der Waals surface area contributed by atoms with Crippen LogP contribution in [0.1, 0.15) is 47.6 Å². The molecule has 0 radical (unpaired) electrons. The largest absolute Gasteiger partial charge is 0.308 e. The van der Waals surface area contributed by atoms with E-state index in [1.807, 2.05) is 46.0 Å². The van der Waals surface area contributed by atoms with E-state index < -0.39 is 0 Å². The van der Waals surface area contributed by atoms with E-state index in [9.17, 15) is 4.79 Å². The van der Waals surface area contributed by atoms with Crippen molar-refractivity contribution in [2.45, 2.75) is 38.1 Å². The monoisotopic (exact) mass is 332 g/mol. The molecule has 1 aromatic heterocycles. The quantitative estimate of drug-likeness (QED) is 0.718. The summed E-state index contributed by atoms with van der Waals surface area (Å²) in [5.41, 5.74) is 4.80. The van der Waals surface area contributed by atoms with Crippen LogP contribution in [0, 0.1) is 0 Å². The highest BCUT2D eigenvalue weighted by Gasteiger charge is 2.26. The van der Waals surface area contributed by atoms with Gasteiger partial charge in [-0.25, -0.2) is 4.68 Å². The summed E-state index contributed by atoms with van der Waals surface area (Å²) in [6.07, 6.45) is 5.78. The van der Waals surface area contributed by atoms with E-state index in [1.165, 1.54) is 31.2 Å². The maximum atomic E-state index is 13.0. The number of rotatable bonds is 2. The van der Waals surface area contributed by atoms with E-state index in [4.69, 9.17) is 0 Å². The Hall–Kier alpha value is -2.69. The van der Waals surface area contributed by atoms with E-state index in [0.717, 1.165) is 29.7 Å². The summed E-state index contributed by atoms with van der Waals surface area (Å²) in [6, 6.07) is 14.4. The molecule has 5 heteroatoms. The first-order valence-electron chi connectivity index (χ1n) is 9.06. The molecule has 126 valence electrons. The van der Waals surface area contributed by atoms with Gasteiger partial charge in [0.1, 0.15) is 5.52 Å². The van der Waals surface area contributed by atoms with Gasteiger partial charge in [0, 0.05) is 17.8 Å². The molecule has 0 unspecified atom stereocenters. The first-order valence-corrected chi connectivity index (χ1v) is 9.06. The first-order chi connectivity index (χ1) is 12.3. The van der Waals surface area contributed by atoms with Crippen molar-refractivity contribution in [3.8, 4) is 0 Å². The van der Waals surface area contributed by atoms with Crippen LogP contribution in [0.4, 0.5) is 5.69 Å². The number of nitrogens with zero attached hydrogens (tertiary/aromatic N) is 4. The number of hydrogen-bond donors (Lipinski definition) is 0. The molecule has 1 aliphatic heterocycles. The summed E-state index contributed by atoms with van der Waals surface area (Å²) < 4.78 is 2.04. The zero-order valence-electron chi connectivity index (χ0n) is 14.1. The van der Waals surface area contributed by atoms with Crippen LogP contribution in [0.3, 0.4) is 0 Å². The fraction of sp³-hybridized carbons (Fsp3) is 0.350. The van der Waals surface area contributed by atoms with Crippen LogP contribution >= 0.6 is 0 Å². The number of benzene rings is 2. The number of fused-ring (bicyclic) bond motifs is 2. The number of carbonyl (C=O) groups excluding carboxylic acids is 1. The highest BCUT2D eigenvalue weighted by atomic mass is 16.2. The molecule has 0 N–H and O–H groups in total. The Morgan fingerprint density at radius 3 is 2.80 bits per heavy atom. The molecule has 5 nitrogen and oxygen atoms in total. The minimum absolute atomic E-state index is 0.0438. The molecule has 5 rings (SSSR count). The van der Waals surface area contributed by atoms with Crippen molar-refractivity contribution in [2.24, 2.45) is 0 Å². The van der Waals surface area contributed by atoms with Gasteiger partial charge in [-0.2, -0.15) is 0 Å². The van der Waals surface area contributed by atoms with Crippen LogP contribution in [0.15, 0.2) is 42.5 Å². The molecule has 1 saturated carbocycles. The Balaban J connectivity index is 1.48. The third-order valence-electron chi connectivity index (χ3n) is 5.52. The van der Waals surface area contributed by atoms with Crippen molar-refractivity contribution in [1.82, 2.24) is 15.0 Å². The lowest BCUT2D eigenvalue weighted by molar-refractivity contribution is 0.0989. The second kappa shape index (κ2) is 5.69. The molecule has 0 spiro atoms. The summed E-state index contributed by atoms with van der Waals surface area (Å²) in [6.45, 7) is 0.741. The first kappa shape index (κ1) is 14.6. The number of aromatic nitrogens is 3. The van der Waals surface area contributed by atoms with Crippen LogP contribution in [-0.4, -0.2) is 27.4 Å². The summed E-state index contributed by atoms with van der Waals surface area (Å²) >= 11 is 0. The molecule has 1 amide bonds. The molecule has 3 aromatic rings. The van der Waals surface area contributed by atoms with Crippen LogP contribution in [0.2, 0.25) is 0 Å². The van der Waals surface area contributed by atoms with E-state index >= 15 is 0 Å². The molecular weight excluding hydrogens is 312 g/mol. The predicted octanol–water partition coefficient (Wildman–Crippen LogP) is 3.75. The minimum Gasteiger partial charge on any atom is -0.308 e. The van der Waals surface area contributed by atoms with E-state index in [2.05, 4.69) is 16.4 Å². The van der Waals surface area contributed by atoms with Crippen LogP contribution in [0.25, 0.3) is 11.0 Å². The minimum atomic E-state index is 0.0438. The second-order valence-electron chi connectivity index (χ2n) is 7.01. The number of para-hydroxylation sites is 1. The summed E-state index contributed by atoms with van der Waals surface area (Å²) in [5.74, 6) is 0.0438. The van der Waals surface area contributed by atoms with Gasteiger partial charge < -0.3 is 4.90 Å². The van der Waals surface area contributed by atoms with Gasteiger partial charge in [-0.15, -0.1) is 5.10 Å². The molecule has 2 aliphatic rings. The third-order valence-corrected chi connectivity index (χ3v) is 5.52. The fourth-order valence-electron chi connectivity index (χ4n) is 4.20. The Morgan fingerprint density at radius 1 is 1.08 bits per heavy atom. The van der Waals surface area contributed by atoms with Crippen molar-refractivity contribution < 1.29 is 4.79 Å². The SMILES string of the molecule is O=C(c1ccc2c(c1)nnn2C1CCCC1)N1CCc2ccccc21. The smallest absolute Gasteiger partial charge is 0.258 e. The highest BCUT2D eigenvalue weighted by Crippen LogP contribution is 2.32. The van der Waals surface area contributed by atoms with Gasteiger partial charge in [0.05, 0.1) is 11.6 Å². The van der Waals surface area contributed by atoms with Gasteiger partial charge in [0.25, 0.3) is 5.91 Å². The van der Waals surface area contributed by atoms with Gasteiger partial charge in [-0.1, -0.05) is 36.3 Å². The molecular formula is C20H20N4O. The van der Waals surface area contributed by atoms with Crippen molar-refractivity contribution in [3.05, 3.63) is 53.6 Å². The lowest BCUT2D eigenvalue weighted by Crippen LogP contribution is -2.28. The Kier molecular flexibility index (Phi) is 3.33. The summed E-state index contributed by atoms with van der Waals surface area (Å²) in [4.78, 5) is 14.9. The average molecular weight is 332 g/mol. The lowest BCUT2D eigenvalue weighted by Gasteiger charge is -2.17. The molecule has 25 heavy (non-hydrogen) atoms. The number of anilines is 1. The fourth-order valence-corrected chi connectivity index (χ4v) is 4.20. The Bertz CT molecular complexity index is 955. The Labute approximate surface area is 146 Å². The van der Waals surface area contributed by atoms with Crippen LogP contribution < -0.4 is 4.90 Å². The zero-order chi connectivity index (χ0) is 16.8. The second-order valence-corrected chi connectivity index (χ2v) is 7.01. The Morgan fingerprint density at radius 2 is 1.92 bits per heavy atom. The van der Waals surface area contributed by atoms with Crippen molar-refractivity contribution in [2.75, 3.05) is 11.4 Å². The molecule has 1 aliphatic carbocycles. The summed E-state index contributed by atoms with van der Waals surface area (Å²) in [7, 11) is 0. The zero-order valence-corrected chi connectivity index (χ0v) is 14.1. The molecule has 0 saturated heterocycles. The molecule has 0 bridgehead atoms. The predicted molar refractivity (Wildman–Crippen MR) is 96.9 cm³/mol. The number of carbonyl (C=O) groups is 1. The number of hydrogen-bond acceptors (Lipinski definition) is 3. The third kappa shape index (κ3) is 2.34. The van der Waals surface area contributed by atoms with Gasteiger partial charge in [-0.3, -0.25) is 4.79 Å². The van der Waals surface area contributed by atoms with Crippen molar-refractivity contribution in [1.29, 1.82) is 0 Å². The van der Waals surface area contributed by atoms with Crippen LogP contribution in [-0.2, 0) is 6.42 Å². The maximum absolute atomic E-state index is 13.0. The molecule has 2 aromatic carbocycles. The lowest BCUT2D eigenvalue weighted by atomic mass is 10.1. The topological polar surface area (TPSA) is 51.0 Å². The molecule has 1 fully saturated rings.